The number of nitrogens with zero attached hydrogens (tertiary/aromatic N) is 4. The van der Waals surface area contributed by atoms with Gasteiger partial charge in [-0.25, -0.2) is 19.9 Å². The van der Waals surface area contributed by atoms with E-state index in [4.69, 9.17) is 11.5 Å². The Morgan fingerprint density at radius 3 is 2.53 bits per heavy atom. The van der Waals surface area contributed by atoms with Crippen molar-refractivity contribution in [2.75, 3.05) is 23.3 Å². The molecule has 0 radical (unpaired) electrons. The Labute approximate surface area is 115 Å². The van der Waals surface area contributed by atoms with Gasteiger partial charge < -0.3 is 16.8 Å². The van der Waals surface area contributed by atoms with E-state index in [-0.39, 0.29) is 0 Å². The van der Waals surface area contributed by atoms with E-state index < -0.39 is 0 Å². The summed E-state index contributed by atoms with van der Waals surface area (Å²) in [5.74, 6) is 1.26. The van der Waals surface area contributed by atoms with Crippen LogP contribution in [0.15, 0.2) is 22.4 Å². The Balaban J connectivity index is 2.28. The van der Waals surface area contributed by atoms with Crippen LogP contribution >= 0.6 is 11.8 Å². The maximum absolute atomic E-state index is 5.64. The fourth-order valence-electron chi connectivity index (χ4n) is 1.37. The molecule has 2 aromatic rings. The lowest BCUT2D eigenvalue weighted by Crippen LogP contribution is -2.04. The molecule has 0 fully saturated rings. The molecule has 100 valence electrons. The van der Waals surface area contributed by atoms with Gasteiger partial charge in [0.25, 0.3) is 0 Å². The monoisotopic (exact) mass is 277 g/mol. The first-order valence-corrected chi connectivity index (χ1v) is 6.55. The molecule has 0 unspecified atom stereocenters. The molecule has 7 nitrogen and oxygen atoms in total. The molecule has 2 aromatic heterocycles. The number of rotatable bonds is 4. The normalized spacial score (nSPS) is 10.4. The lowest BCUT2D eigenvalue weighted by atomic mass is 10.4. The Bertz CT molecular complexity index is 567. The SMILES string of the molecule is CCNc1ncc(C)c(Sc2nc(N)cc(N)n2)n1. The second-order valence-corrected chi connectivity index (χ2v) is 4.77. The summed E-state index contributed by atoms with van der Waals surface area (Å²) in [7, 11) is 0. The van der Waals surface area contributed by atoms with Crippen molar-refractivity contribution in [1.82, 2.24) is 19.9 Å². The molecule has 8 heteroatoms. The Morgan fingerprint density at radius 1 is 1.21 bits per heavy atom. The molecule has 2 heterocycles. The van der Waals surface area contributed by atoms with Crippen LogP contribution in [0.1, 0.15) is 12.5 Å². The summed E-state index contributed by atoms with van der Waals surface area (Å²) >= 11 is 1.31. The third-order valence-electron chi connectivity index (χ3n) is 2.19. The van der Waals surface area contributed by atoms with E-state index in [1.165, 1.54) is 17.8 Å². The van der Waals surface area contributed by atoms with E-state index in [1.54, 1.807) is 6.20 Å². The molecule has 0 amide bonds. The van der Waals surface area contributed by atoms with Crippen molar-refractivity contribution < 1.29 is 0 Å². The molecule has 5 N–H and O–H groups in total. The van der Waals surface area contributed by atoms with E-state index in [2.05, 4.69) is 25.3 Å². The maximum Gasteiger partial charge on any atom is 0.223 e. The minimum atomic E-state index is 0.341. The number of aromatic nitrogens is 4. The van der Waals surface area contributed by atoms with Gasteiger partial charge in [0.2, 0.25) is 5.95 Å². The quantitative estimate of drug-likeness (QED) is 0.566. The average Bonchev–Trinajstić information content (AvgIpc) is 2.32. The van der Waals surface area contributed by atoms with Gasteiger partial charge in [-0.15, -0.1) is 0 Å². The summed E-state index contributed by atoms with van der Waals surface area (Å²) in [6.45, 7) is 4.67. The minimum Gasteiger partial charge on any atom is -0.383 e. The molecule has 0 saturated heterocycles. The lowest BCUT2D eigenvalue weighted by Gasteiger charge is -2.07. The second-order valence-electron chi connectivity index (χ2n) is 3.81. The predicted octanol–water partition coefficient (Wildman–Crippen LogP) is 1.32. The van der Waals surface area contributed by atoms with Crippen LogP contribution in [-0.2, 0) is 0 Å². The van der Waals surface area contributed by atoms with Gasteiger partial charge in [-0.2, -0.15) is 0 Å². The highest BCUT2D eigenvalue weighted by molar-refractivity contribution is 7.99. The first kappa shape index (κ1) is 13.3. The molecular formula is C11H15N7S. The number of nitrogens with two attached hydrogens (primary N) is 2. The van der Waals surface area contributed by atoms with Gasteiger partial charge in [-0.3, -0.25) is 0 Å². The molecule has 0 atom stereocenters. The summed E-state index contributed by atoms with van der Waals surface area (Å²) in [6, 6.07) is 1.51. The van der Waals surface area contributed by atoms with Gasteiger partial charge >= 0.3 is 0 Å². The molecule has 0 aliphatic rings. The molecule has 2 rings (SSSR count). The van der Waals surface area contributed by atoms with Crippen molar-refractivity contribution in [3.05, 3.63) is 17.8 Å². The van der Waals surface area contributed by atoms with Crippen molar-refractivity contribution in [2.24, 2.45) is 0 Å². The first-order chi connectivity index (χ1) is 9.08. The number of nitrogen functional groups attached to an aromatic ring is 2. The van der Waals surface area contributed by atoms with Crippen molar-refractivity contribution in [3.8, 4) is 0 Å². The average molecular weight is 277 g/mol. The Kier molecular flexibility index (Phi) is 4.00. The number of aryl methyl sites for hydroxylation is 1. The Morgan fingerprint density at radius 2 is 1.89 bits per heavy atom. The van der Waals surface area contributed by atoms with Gasteiger partial charge in [0.15, 0.2) is 5.16 Å². The molecule has 0 bridgehead atoms. The van der Waals surface area contributed by atoms with Gasteiger partial charge in [0, 0.05) is 24.4 Å². The molecule has 0 aromatic carbocycles. The summed E-state index contributed by atoms with van der Waals surface area (Å²) in [5, 5.41) is 4.31. The van der Waals surface area contributed by atoms with Crippen LogP contribution in [0.3, 0.4) is 0 Å². The van der Waals surface area contributed by atoms with E-state index in [0.717, 1.165) is 17.1 Å². The van der Waals surface area contributed by atoms with Gasteiger partial charge in [-0.1, -0.05) is 0 Å². The third kappa shape index (κ3) is 3.44. The summed E-state index contributed by atoms with van der Waals surface area (Å²) < 4.78 is 0. The maximum atomic E-state index is 5.64. The van der Waals surface area contributed by atoms with Crippen molar-refractivity contribution in [2.45, 2.75) is 24.0 Å². The smallest absolute Gasteiger partial charge is 0.223 e. The van der Waals surface area contributed by atoms with Crippen LogP contribution in [0.5, 0.6) is 0 Å². The number of nitrogens with one attached hydrogen (secondary N) is 1. The zero-order valence-electron chi connectivity index (χ0n) is 10.7. The highest BCUT2D eigenvalue weighted by Crippen LogP contribution is 2.27. The van der Waals surface area contributed by atoms with E-state index in [1.807, 2.05) is 13.8 Å². The fourth-order valence-corrected chi connectivity index (χ4v) is 2.19. The van der Waals surface area contributed by atoms with Gasteiger partial charge in [0.05, 0.1) is 0 Å². The van der Waals surface area contributed by atoms with Crippen LogP contribution in [0.25, 0.3) is 0 Å². The zero-order valence-corrected chi connectivity index (χ0v) is 11.5. The van der Waals surface area contributed by atoms with Gasteiger partial charge in [-0.05, 0) is 25.6 Å². The number of hydrogen-bond acceptors (Lipinski definition) is 8. The van der Waals surface area contributed by atoms with Crippen molar-refractivity contribution >= 4 is 29.3 Å². The summed E-state index contributed by atoms with van der Waals surface area (Å²) in [4.78, 5) is 16.8. The number of hydrogen-bond donors (Lipinski definition) is 3. The molecule has 0 spiro atoms. The molecule has 19 heavy (non-hydrogen) atoms. The van der Waals surface area contributed by atoms with Crippen molar-refractivity contribution in [3.63, 3.8) is 0 Å². The highest BCUT2D eigenvalue weighted by atomic mass is 32.2. The zero-order chi connectivity index (χ0) is 13.8. The lowest BCUT2D eigenvalue weighted by molar-refractivity contribution is 0.952. The molecule has 0 aliphatic carbocycles. The van der Waals surface area contributed by atoms with Crippen LogP contribution in [-0.4, -0.2) is 26.5 Å². The van der Waals surface area contributed by atoms with Gasteiger partial charge in [0.1, 0.15) is 16.7 Å². The first-order valence-electron chi connectivity index (χ1n) is 5.74. The standard InChI is InChI=1S/C11H15N7S/c1-3-14-10-15-5-6(2)9(18-10)19-11-16-7(12)4-8(13)17-11/h4-5H,3H2,1-2H3,(H,14,15,18)(H4,12,13,16,17). The van der Waals surface area contributed by atoms with E-state index in [9.17, 15) is 0 Å². The Hall–Kier alpha value is -2.09. The van der Waals surface area contributed by atoms with Crippen LogP contribution < -0.4 is 16.8 Å². The number of anilines is 3. The van der Waals surface area contributed by atoms with Crippen LogP contribution in [0.4, 0.5) is 17.6 Å². The third-order valence-corrected chi connectivity index (χ3v) is 3.17. The molecule has 0 aliphatic heterocycles. The van der Waals surface area contributed by atoms with E-state index in [0.29, 0.717) is 22.7 Å². The van der Waals surface area contributed by atoms with Crippen LogP contribution in [0.2, 0.25) is 0 Å². The van der Waals surface area contributed by atoms with Crippen molar-refractivity contribution in [1.29, 1.82) is 0 Å². The molecular weight excluding hydrogens is 262 g/mol. The topological polar surface area (TPSA) is 116 Å². The molecule has 0 saturated carbocycles. The fraction of sp³-hybridized carbons (Fsp3) is 0.273. The summed E-state index contributed by atoms with van der Waals surface area (Å²) in [6.07, 6.45) is 1.75. The summed E-state index contributed by atoms with van der Waals surface area (Å²) in [5.41, 5.74) is 12.2. The second kappa shape index (κ2) is 5.70. The van der Waals surface area contributed by atoms with Crippen LogP contribution in [0, 0.1) is 6.92 Å². The predicted molar refractivity (Wildman–Crippen MR) is 75.9 cm³/mol. The van der Waals surface area contributed by atoms with E-state index >= 15 is 0 Å². The largest absolute Gasteiger partial charge is 0.383 e. The minimum absolute atomic E-state index is 0.341. The highest BCUT2D eigenvalue weighted by Gasteiger charge is 2.09.